The van der Waals surface area contributed by atoms with Crippen molar-refractivity contribution in [3.05, 3.63) is 17.0 Å². The number of aromatic amines is 1. The van der Waals surface area contributed by atoms with Gasteiger partial charge in [0.1, 0.15) is 0 Å². The molecule has 0 aliphatic rings. The lowest BCUT2D eigenvalue weighted by Gasteiger charge is -2.08. The fourth-order valence-corrected chi connectivity index (χ4v) is 1.67. The highest BCUT2D eigenvalue weighted by Gasteiger charge is 2.18. The van der Waals surface area contributed by atoms with Crippen molar-refractivity contribution in [1.29, 1.82) is 0 Å². The molecule has 0 radical (unpaired) electrons. The molecule has 2 N–H and O–H groups in total. The third-order valence-corrected chi connectivity index (χ3v) is 2.37. The van der Waals surface area contributed by atoms with Gasteiger partial charge in [0.15, 0.2) is 17.3 Å². The van der Waals surface area contributed by atoms with Crippen LogP contribution in [0.3, 0.4) is 0 Å². The van der Waals surface area contributed by atoms with Gasteiger partial charge in [-0.2, -0.15) is 0 Å². The standard InChI is InChI=1S/C10H10N2O4/c1-15-6-4-3-5-7(8(6)16-2)10(13)11-9(5)12-14/h3-4,11,13H,1-2H3. The van der Waals surface area contributed by atoms with Crippen LogP contribution < -0.4 is 9.47 Å². The maximum absolute atomic E-state index is 10.5. The second-order valence-corrected chi connectivity index (χ2v) is 3.14. The number of rotatable bonds is 3. The fraction of sp³-hybridized carbons (Fsp3) is 0.200. The molecule has 1 heterocycles. The van der Waals surface area contributed by atoms with Crippen LogP contribution in [0.25, 0.3) is 10.8 Å². The maximum atomic E-state index is 10.5. The van der Waals surface area contributed by atoms with Crippen molar-refractivity contribution in [1.82, 2.24) is 4.98 Å². The summed E-state index contributed by atoms with van der Waals surface area (Å²) in [7, 11) is 2.95. The molecule has 0 amide bonds. The summed E-state index contributed by atoms with van der Waals surface area (Å²) in [6.07, 6.45) is 0. The number of ether oxygens (including phenoxy) is 2. The Hall–Kier alpha value is -2.24. The molecule has 6 heteroatoms. The van der Waals surface area contributed by atoms with Gasteiger partial charge in [0.2, 0.25) is 5.88 Å². The molecule has 0 unspecified atom stereocenters. The molecule has 0 saturated heterocycles. The Morgan fingerprint density at radius 3 is 2.62 bits per heavy atom. The number of fused-ring (bicyclic) bond motifs is 1. The molecule has 0 spiro atoms. The Kier molecular flexibility index (Phi) is 2.40. The van der Waals surface area contributed by atoms with Crippen molar-refractivity contribution in [3.8, 4) is 17.4 Å². The highest BCUT2D eigenvalue weighted by atomic mass is 16.5. The van der Waals surface area contributed by atoms with Crippen LogP contribution in [0.5, 0.6) is 17.4 Å². The Balaban J connectivity index is 2.86. The summed E-state index contributed by atoms with van der Waals surface area (Å²) in [6.45, 7) is 0. The molecule has 84 valence electrons. The topological polar surface area (TPSA) is 83.9 Å². The van der Waals surface area contributed by atoms with Crippen LogP contribution in [0.1, 0.15) is 0 Å². The molecule has 1 aromatic heterocycles. The van der Waals surface area contributed by atoms with E-state index in [4.69, 9.17) is 9.47 Å². The van der Waals surface area contributed by atoms with E-state index in [-0.39, 0.29) is 11.7 Å². The van der Waals surface area contributed by atoms with Crippen LogP contribution in [0, 0.1) is 4.91 Å². The lowest BCUT2D eigenvalue weighted by molar-refractivity contribution is 0.357. The average molecular weight is 222 g/mol. The lowest BCUT2D eigenvalue weighted by atomic mass is 10.2. The molecular weight excluding hydrogens is 212 g/mol. The van der Waals surface area contributed by atoms with E-state index in [1.54, 1.807) is 12.1 Å². The summed E-state index contributed by atoms with van der Waals surface area (Å²) < 4.78 is 10.2. The highest BCUT2D eigenvalue weighted by molar-refractivity contribution is 6.01. The largest absolute Gasteiger partial charge is 0.494 e. The first kappa shape index (κ1) is 10.3. The van der Waals surface area contributed by atoms with Gasteiger partial charge in [-0.1, -0.05) is 0 Å². The molecular formula is C10H10N2O4. The van der Waals surface area contributed by atoms with Crippen molar-refractivity contribution >= 4 is 16.6 Å². The van der Waals surface area contributed by atoms with Crippen molar-refractivity contribution in [2.45, 2.75) is 0 Å². The molecule has 0 aliphatic heterocycles. The number of aromatic hydroxyl groups is 1. The van der Waals surface area contributed by atoms with Crippen LogP contribution in [0.4, 0.5) is 5.82 Å². The highest BCUT2D eigenvalue weighted by Crippen LogP contribution is 2.43. The zero-order chi connectivity index (χ0) is 11.7. The summed E-state index contributed by atoms with van der Waals surface area (Å²) in [5.74, 6) is 0.735. The van der Waals surface area contributed by atoms with Gasteiger partial charge in [-0.25, -0.2) is 0 Å². The maximum Gasteiger partial charge on any atom is 0.202 e. The Labute approximate surface area is 90.8 Å². The third-order valence-electron chi connectivity index (χ3n) is 2.37. The zero-order valence-corrected chi connectivity index (χ0v) is 8.77. The minimum atomic E-state index is -0.166. The third kappa shape index (κ3) is 1.27. The van der Waals surface area contributed by atoms with Gasteiger partial charge in [-0.3, -0.25) is 0 Å². The van der Waals surface area contributed by atoms with Crippen molar-refractivity contribution in [3.63, 3.8) is 0 Å². The molecule has 1 aromatic carbocycles. The number of hydrogen-bond donors (Lipinski definition) is 2. The predicted octanol–water partition coefficient (Wildman–Crippen LogP) is 2.29. The summed E-state index contributed by atoms with van der Waals surface area (Å²) in [4.78, 5) is 13.0. The summed E-state index contributed by atoms with van der Waals surface area (Å²) in [6, 6.07) is 3.27. The van der Waals surface area contributed by atoms with Crippen molar-refractivity contribution in [2.24, 2.45) is 5.18 Å². The number of hydrogen-bond acceptors (Lipinski definition) is 5. The number of aromatic nitrogens is 1. The molecule has 2 rings (SSSR count). The second kappa shape index (κ2) is 3.73. The Morgan fingerprint density at radius 2 is 2.06 bits per heavy atom. The molecule has 0 fully saturated rings. The van der Waals surface area contributed by atoms with Crippen LogP contribution in [0.2, 0.25) is 0 Å². The van der Waals surface area contributed by atoms with E-state index in [9.17, 15) is 10.0 Å². The SMILES string of the molecule is COc1ccc2c(N=O)[nH]c(O)c2c1OC. The fourth-order valence-electron chi connectivity index (χ4n) is 1.67. The van der Waals surface area contributed by atoms with E-state index in [0.717, 1.165) is 0 Å². The molecule has 2 aromatic rings. The Bertz CT molecular complexity index is 547. The van der Waals surface area contributed by atoms with E-state index in [0.29, 0.717) is 22.3 Å². The average Bonchev–Trinajstić information content (AvgIpc) is 2.65. The van der Waals surface area contributed by atoms with Gasteiger partial charge in [0.25, 0.3) is 0 Å². The zero-order valence-electron chi connectivity index (χ0n) is 8.77. The smallest absolute Gasteiger partial charge is 0.202 e. The number of nitroso groups, excluding NO2 is 1. The van der Waals surface area contributed by atoms with Crippen LogP contribution in [0.15, 0.2) is 17.3 Å². The first-order valence-corrected chi connectivity index (χ1v) is 4.52. The Morgan fingerprint density at radius 1 is 1.31 bits per heavy atom. The number of nitrogens with one attached hydrogen (secondary N) is 1. The number of methoxy groups -OCH3 is 2. The monoisotopic (exact) mass is 222 g/mol. The van der Waals surface area contributed by atoms with E-state index in [1.165, 1.54) is 14.2 Å². The van der Waals surface area contributed by atoms with Gasteiger partial charge < -0.3 is 19.6 Å². The van der Waals surface area contributed by atoms with Crippen LogP contribution in [-0.4, -0.2) is 24.3 Å². The van der Waals surface area contributed by atoms with E-state index in [1.807, 2.05) is 0 Å². The molecule has 0 saturated carbocycles. The van der Waals surface area contributed by atoms with Gasteiger partial charge in [0.05, 0.1) is 19.6 Å². The van der Waals surface area contributed by atoms with E-state index >= 15 is 0 Å². The first-order chi connectivity index (χ1) is 7.72. The number of nitrogens with zero attached hydrogens (tertiary/aromatic N) is 1. The van der Waals surface area contributed by atoms with Crippen molar-refractivity contribution < 1.29 is 14.6 Å². The predicted molar refractivity (Wildman–Crippen MR) is 58.5 cm³/mol. The van der Waals surface area contributed by atoms with Crippen molar-refractivity contribution in [2.75, 3.05) is 14.2 Å². The summed E-state index contributed by atoms with van der Waals surface area (Å²) >= 11 is 0. The van der Waals surface area contributed by atoms with Crippen LogP contribution >= 0.6 is 0 Å². The normalized spacial score (nSPS) is 10.4. The van der Waals surface area contributed by atoms with E-state index in [2.05, 4.69) is 10.2 Å². The summed E-state index contributed by atoms with van der Waals surface area (Å²) in [5.41, 5.74) is 0. The molecule has 16 heavy (non-hydrogen) atoms. The van der Waals surface area contributed by atoms with Gasteiger partial charge in [-0.15, -0.1) is 4.91 Å². The minimum absolute atomic E-state index is 0.0634. The molecule has 0 atom stereocenters. The quantitative estimate of drug-likeness (QED) is 0.780. The number of H-pyrrole nitrogens is 1. The molecule has 0 bridgehead atoms. The number of benzene rings is 1. The van der Waals surface area contributed by atoms with Gasteiger partial charge in [0, 0.05) is 5.39 Å². The lowest BCUT2D eigenvalue weighted by Crippen LogP contribution is -1.90. The molecule has 0 aliphatic carbocycles. The van der Waals surface area contributed by atoms with Crippen LogP contribution in [-0.2, 0) is 0 Å². The minimum Gasteiger partial charge on any atom is -0.494 e. The van der Waals surface area contributed by atoms with Gasteiger partial charge >= 0.3 is 0 Å². The summed E-state index contributed by atoms with van der Waals surface area (Å²) in [5, 5.41) is 13.3. The second-order valence-electron chi connectivity index (χ2n) is 3.14. The van der Waals surface area contributed by atoms with Gasteiger partial charge in [-0.05, 0) is 17.3 Å². The first-order valence-electron chi connectivity index (χ1n) is 4.52. The molecule has 6 nitrogen and oxygen atoms in total. The van der Waals surface area contributed by atoms with E-state index < -0.39 is 0 Å².